The summed E-state index contributed by atoms with van der Waals surface area (Å²) in [5.41, 5.74) is 12.0. The van der Waals surface area contributed by atoms with Crippen LogP contribution >= 0.6 is 0 Å². The molecule has 32 heavy (non-hydrogen) atoms. The highest BCUT2D eigenvalue weighted by atomic mass is 16.3. The summed E-state index contributed by atoms with van der Waals surface area (Å²) in [5.74, 6) is 1.22. The fraction of sp³-hybridized carbons (Fsp3) is 0.417. The summed E-state index contributed by atoms with van der Waals surface area (Å²) < 4.78 is 0. The number of nitrogens with zero attached hydrogens (tertiary/aromatic N) is 5. The third-order valence-electron chi connectivity index (χ3n) is 6.70. The van der Waals surface area contributed by atoms with E-state index >= 15 is 0 Å². The lowest BCUT2D eigenvalue weighted by atomic mass is 10.0. The number of fused-ring (bicyclic) bond motifs is 2. The van der Waals surface area contributed by atoms with Crippen LogP contribution in [0.15, 0.2) is 18.2 Å². The molecular formula is C24H27N7O. The highest BCUT2D eigenvalue weighted by Gasteiger charge is 2.23. The van der Waals surface area contributed by atoms with Crippen molar-refractivity contribution < 1.29 is 5.11 Å². The van der Waals surface area contributed by atoms with E-state index in [1.54, 1.807) is 6.07 Å². The molecule has 2 aromatic heterocycles. The van der Waals surface area contributed by atoms with E-state index in [9.17, 15) is 5.11 Å². The number of benzene rings is 1. The van der Waals surface area contributed by atoms with Crippen molar-refractivity contribution in [1.29, 1.82) is 5.26 Å². The minimum atomic E-state index is 0.179. The first-order valence-electron chi connectivity index (χ1n) is 11.2. The van der Waals surface area contributed by atoms with E-state index < -0.39 is 0 Å². The number of rotatable bonds is 4. The Labute approximate surface area is 187 Å². The largest absolute Gasteiger partial charge is 0.508 e. The minimum Gasteiger partial charge on any atom is -0.508 e. The van der Waals surface area contributed by atoms with Crippen molar-refractivity contribution in [2.75, 3.05) is 24.1 Å². The van der Waals surface area contributed by atoms with Gasteiger partial charge in [0, 0.05) is 36.9 Å². The number of likely N-dealkylation sites (tertiary alicyclic amines) is 1. The monoisotopic (exact) mass is 429 g/mol. The molecule has 0 spiro atoms. The Balaban J connectivity index is 1.25. The van der Waals surface area contributed by atoms with Gasteiger partial charge in [-0.3, -0.25) is 4.90 Å². The maximum absolute atomic E-state index is 10.2. The Morgan fingerprint density at radius 2 is 2.03 bits per heavy atom. The quantitative estimate of drug-likeness (QED) is 0.578. The zero-order valence-electron chi connectivity index (χ0n) is 18.2. The van der Waals surface area contributed by atoms with E-state index in [0.717, 1.165) is 61.8 Å². The maximum atomic E-state index is 10.2. The van der Waals surface area contributed by atoms with E-state index in [4.69, 9.17) is 21.0 Å². The number of nitrogen functional groups attached to an aromatic ring is 1. The van der Waals surface area contributed by atoms with E-state index in [1.165, 1.54) is 17.2 Å². The first-order chi connectivity index (χ1) is 15.5. The van der Waals surface area contributed by atoms with Crippen molar-refractivity contribution >= 4 is 22.8 Å². The number of nitrogens with two attached hydrogens (primary N) is 1. The van der Waals surface area contributed by atoms with Crippen LogP contribution in [0.1, 0.15) is 47.2 Å². The molecule has 0 atom stereocenters. The molecule has 1 aromatic carbocycles. The van der Waals surface area contributed by atoms with Crippen molar-refractivity contribution in [2.45, 2.75) is 51.6 Å². The molecule has 8 heteroatoms. The van der Waals surface area contributed by atoms with Crippen molar-refractivity contribution in [1.82, 2.24) is 19.9 Å². The Morgan fingerprint density at radius 3 is 2.78 bits per heavy atom. The van der Waals surface area contributed by atoms with Crippen LogP contribution in [-0.4, -0.2) is 44.1 Å². The van der Waals surface area contributed by atoms with E-state index in [2.05, 4.69) is 28.2 Å². The van der Waals surface area contributed by atoms with Gasteiger partial charge in [0.25, 0.3) is 0 Å². The summed E-state index contributed by atoms with van der Waals surface area (Å²) in [6, 6.07) is 7.41. The summed E-state index contributed by atoms with van der Waals surface area (Å²) in [6.45, 7) is 4.55. The highest BCUT2D eigenvalue weighted by molar-refractivity contribution is 5.90. The number of pyridine rings is 1. The molecule has 0 saturated carbocycles. The summed E-state index contributed by atoms with van der Waals surface area (Å²) in [5, 5.41) is 23.5. The number of anilines is 2. The number of nitrogens with one attached hydrogen (secondary N) is 1. The second-order valence-electron chi connectivity index (χ2n) is 8.80. The smallest absolute Gasteiger partial charge is 0.226 e. The van der Waals surface area contributed by atoms with Gasteiger partial charge < -0.3 is 16.2 Å². The van der Waals surface area contributed by atoms with E-state index in [1.807, 2.05) is 6.07 Å². The van der Waals surface area contributed by atoms with Gasteiger partial charge >= 0.3 is 0 Å². The molecule has 2 aliphatic rings. The fourth-order valence-electron chi connectivity index (χ4n) is 4.93. The van der Waals surface area contributed by atoms with Crippen molar-refractivity contribution in [2.24, 2.45) is 0 Å². The Kier molecular flexibility index (Phi) is 5.27. The molecule has 3 aromatic rings. The Bertz CT molecular complexity index is 1230. The number of phenols is 1. The predicted octanol–water partition coefficient (Wildman–Crippen LogP) is 3.06. The van der Waals surface area contributed by atoms with Crippen LogP contribution in [0.3, 0.4) is 0 Å². The minimum absolute atomic E-state index is 0.179. The van der Waals surface area contributed by atoms with Crippen LogP contribution in [0.2, 0.25) is 0 Å². The number of hydrogen-bond acceptors (Lipinski definition) is 8. The topological polar surface area (TPSA) is 124 Å². The molecule has 1 saturated heterocycles. The Morgan fingerprint density at radius 1 is 1.22 bits per heavy atom. The molecule has 1 aliphatic carbocycles. The lowest BCUT2D eigenvalue weighted by Crippen LogP contribution is -2.39. The van der Waals surface area contributed by atoms with Gasteiger partial charge in [0.1, 0.15) is 11.6 Å². The number of aryl methyl sites for hydroxylation is 2. The zero-order valence-corrected chi connectivity index (χ0v) is 18.2. The van der Waals surface area contributed by atoms with Gasteiger partial charge in [-0.15, -0.1) is 0 Å². The van der Waals surface area contributed by atoms with E-state index in [-0.39, 0.29) is 11.8 Å². The highest BCUT2D eigenvalue weighted by Crippen LogP contribution is 2.31. The second kappa shape index (κ2) is 8.24. The lowest BCUT2D eigenvalue weighted by Gasteiger charge is -2.32. The van der Waals surface area contributed by atoms with Crippen LogP contribution in [0.25, 0.3) is 11.0 Å². The average molecular weight is 430 g/mol. The summed E-state index contributed by atoms with van der Waals surface area (Å²) in [7, 11) is 0. The summed E-state index contributed by atoms with van der Waals surface area (Å²) >= 11 is 0. The molecule has 0 bridgehead atoms. The van der Waals surface area contributed by atoms with Gasteiger partial charge in [0.05, 0.1) is 17.0 Å². The molecule has 1 aliphatic heterocycles. The van der Waals surface area contributed by atoms with Crippen molar-refractivity contribution in [3.05, 3.63) is 46.1 Å². The number of nitriles is 1. The van der Waals surface area contributed by atoms with Crippen LogP contribution in [0.5, 0.6) is 5.75 Å². The van der Waals surface area contributed by atoms with Crippen LogP contribution in [0, 0.1) is 18.3 Å². The normalized spacial score (nSPS) is 16.8. The molecule has 1 fully saturated rings. The van der Waals surface area contributed by atoms with Crippen LogP contribution < -0.4 is 11.1 Å². The molecule has 0 radical (unpaired) electrons. The van der Waals surface area contributed by atoms with Crippen LogP contribution in [0.4, 0.5) is 11.8 Å². The third kappa shape index (κ3) is 3.80. The fourth-order valence-corrected chi connectivity index (χ4v) is 4.93. The number of aromatic nitrogens is 3. The number of piperidine rings is 1. The summed E-state index contributed by atoms with van der Waals surface area (Å²) in [4.78, 5) is 16.3. The number of phenolic OH excluding ortho intramolecular Hbond substituents is 1. The second-order valence-corrected chi connectivity index (χ2v) is 8.80. The maximum Gasteiger partial charge on any atom is 0.226 e. The van der Waals surface area contributed by atoms with Gasteiger partial charge in [-0.25, -0.2) is 4.98 Å². The number of aromatic hydroxyl groups is 1. The van der Waals surface area contributed by atoms with Gasteiger partial charge in [-0.05, 0) is 62.3 Å². The SMILES string of the molecule is Cc1c2c(nc3nc(NC4CCN(Cc5ccc(C#N)cc5O)CC4)nc(N)c13)CCC2. The first kappa shape index (κ1) is 20.5. The average Bonchev–Trinajstić information content (AvgIpc) is 3.25. The predicted molar refractivity (Wildman–Crippen MR) is 123 cm³/mol. The molecule has 3 heterocycles. The molecule has 4 N–H and O–H groups in total. The molecule has 164 valence electrons. The van der Waals surface area contributed by atoms with Gasteiger partial charge in [-0.2, -0.15) is 15.2 Å². The molecule has 5 rings (SSSR count). The van der Waals surface area contributed by atoms with Crippen molar-refractivity contribution in [3.8, 4) is 11.8 Å². The summed E-state index contributed by atoms with van der Waals surface area (Å²) in [6.07, 6.45) is 5.08. The molecule has 0 amide bonds. The van der Waals surface area contributed by atoms with Gasteiger partial charge in [0.15, 0.2) is 5.65 Å². The molecule has 0 unspecified atom stereocenters. The van der Waals surface area contributed by atoms with Gasteiger partial charge in [-0.1, -0.05) is 6.07 Å². The lowest BCUT2D eigenvalue weighted by molar-refractivity contribution is 0.209. The molecule has 8 nitrogen and oxygen atoms in total. The van der Waals surface area contributed by atoms with E-state index in [0.29, 0.717) is 29.5 Å². The molecular weight excluding hydrogens is 402 g/mol. The third-order valence-corrected chi connectivity index (χ3v) is 6.70. The standard InChI is InChI=1S/C24H27N7O/c1-14-18-3-2-4-19(18)28-23-21(14)22(26)29-24(30-23)27-17-7-9-31(10-8-17)13-16-6-5-15(12-25)11-20(16)32/h5-6,11,17,32H,2-4,7-10,13H2,1H3,(H3,26,27,28,29,30). The zero-order chi connectivity index (χ0) is 22.2. The Hall–Kier alpha value is -3.44. The van der Waals surface area contributed by atoms with Gasteiger partial charge in [0.2, 0.25) is 5.95 Å². The first-order valence-corrected chi connectivity index (χ1v) is 11.2. The van der Waals surface area contributed by atoms with Crippen LogP contribution in [-0.2, 0) is 19.4 Å². The number of hydrogen-bond donors (Lipinski definition) is 3. The van der Waals surface area contributed by atoms with Crippen molar-refractivity contribution in [3.63, 3.8) is 0 Å².